The number of nitrogens with one attached hydrogen (secondary N) is 2. The summed E-state index contributed by atoms with van der Waals surface area (Å²) < 4.78 is 0. The molecule has 1 heterocycles. The Kier molecular flexibility index (Phi) is 7.11. The van der Waals surface area contributed by atoms with E-state index in [9.17, 15) is 9.59 Å². The third kappa shape index (κ3) is 6.06. The van der Waals surface area contributed by atoms with Crippen molar-refractivity contribution >= 4 is 11.8 Å². The molecular formula is C23H35N3O2. The van der Waals surface area contributed by atoms with Crippen molar-refractivity contribution in [1.82, 2.24) is 15.5 Å². The van der Waals surface area contributed by atoms with Crippen molar-refractivity contribution in [2.45, 2.75) is 53.1 Å². The molecule has 154 valence electrons. The van der Waals surface area contributed by atoms with Gasteiger partial charge in [-0.25, -0.2) is 0 Å². The second-order valence-electron chi connectivity index (χ2n) is 9.05. The number of carbonyl (C=O) groups excluding carboxylic acids is 2. The normalized spacial score (nSPS) is 27.2. The van der Waals surface area contributed by atoms with Gasteiger partial charge < -0.3 is 10.6 Å². The first-order valence-corrected chi connectivity index (χ1v) is 10.8. The summed E-state index contributed by atoms with van der Waals surface area (Å²) in [5.41, 5.74) is 2.47. The smallest absolute Gasteiger partial charge is 0.223 e. The first-order valence-electron chi connectivity index (χ1n) is 10.8. The topological polar surface area (TPSA) is 61.4 Å². The number of amides is 2. The number of nitrogens with zero attached hydrogens (tertiary/aromatic N) is 1. The van der Waals surface area contributed by atoms with Crippen LogP contribution in [0.5, 0.6) is 0 Å². The van der Waals surface area contributed by atoms with Crippen LogP contribution in [-0.4, -0.2) is 36.3 Å². The summed E-state index contributed by atoms with van der Waals surface area (Å²) in [6.07, 6.45) is 2.62. The van der Waals surface area contributed by atoms with Crippen molar-refractivity contribution in [3.05, 3.63) is 35.4 Å². The molecule has 0 aromatic heterocycles. The van der Waals surface area contributed by atoms with Crippen molar-refractivity contribution in [1.29, 1.82) is 0 Å². The van der Waals surface area contributed by atoms with E-state index in [1.165, 1.54) is 17.5 Å². The summed E-state index contributed by atoms with van der Waals surface area (Å²) in [7, 11) is 0. The molecule has 2 N–H and O–H groups in total. The lowest BCUT2D eigenvalue weighted by Gasteiger charge is -2.35. The largest absolute Gasteiger partial charge is 0.355 e. The van der Waals surface area contributed by atoms with E-state index in [1.54, 1.807) is 0 Å². The van der Waals surface area contributed by atoms with Crippen LogP contribution in [0.1, 0.15) is 51.2 Å². The maximum absolute atomic E-state index is 12.2. The summed E-state index contributed by atoms with van der Waals surface area (Å²) >= 11 is 0. The number of carbonyl (C=O) groups is 2. The number of hydrogen-bond donors (Lipinski definition) is 2. The van der Waals surface area contributed by atoms with Gasteiger partial charge in [-0.05, 0) is 41.7 Å². The van der Waals surface area contributed by atoms with Crippen LogP contribution in [-0.2, 0) is 22.7 Å². The summed E-state index contributed by atoms with van der Waals surface area (Å²) in [4.78, 5) is 26.5. The molecule has 1 aromatic carbocycles. The lowest BCUT2D eigenvalue weighted by molar-refractivity contribution is -0.123. The number of rotatable bonds is 8. The van der Waals surface area contributed by atoms with Gasteiger partial charge in [0.15, 0.2) is 0 Å². The van der Waals surface area contributed by atoms with E-state index in [4.69, 9.17) is 0 Å². The van der Waals surface area contributed by atoms with Crippen LogP contribution in [0.15, 0.2) is 24.3 Å². The Bertz CT molecular complexity index is 680. The molecule has 3 rings (SSSR count). The summed E-state index contributed by atoms with van der Waals surface area (Å²) in [6.45, 7) is 10.9. The molecule has 5 nitrogen and oxygen atoms in total. The van der Waals surface area contributed by atoms with Crippen LogP contribution in [0, 0.1) is 23.7 Å². The fourth-order valence-corrected chi connectivity index (χ4v) is 4.45. The summed E-state index contributed by atoms with van der Waals surface area (Å²) in [6, 6.07) is 8.38. The second-order valence-corrected chi connectivity index (χ2v) is 9.05. The van der Waals surface area contributed by atoms with Gasteiger partial charge in [0.1, 0.15) is 0 Å². The lowest BCUT2D eigenvalue weighted by Crippen LogP contribution is -2.38. The zero-order valence-electron chi connectivity index (χ0n) is 17.5. The Morgan fingerprint density at radius 2 is 1.64 bits per heavy atom. The molecule has 28 heavy (non-hydrogen) atoms. The van der Waals surface area contributed by atoms with Crippen molar-refractivity contribution in [2.24, 2.45) is 23.7 Å². The molecule has 1 aromatic rings. The Balaban J connectivity index is 1.44. The Hall–Kier alpha value is -1.88. The van der Waals surface area contributed by atoms with Gasteiger partial charge in [-0.15, -0.1) is 0 Å². The first-order chi connectivity index (χ1) is 13.4. The predicted molar refractivity (Wildman–Crippen MR) is 111 cm³/mol. The van der Waals surface area contributed by atoms with Crippen LogP contribution in [0.25, 0.3) is 0 Å². The molecule has 0 spiro atoms. The van der Waals surface area contributed by atoms with Crippen LogP contribution in [0.4, 0.5) is 0 Å². The Labute approximate surface area is 169 Å². The van der Waals surface area contributed by atoms with Gasteiger partial charge in [0, 0.05) is 45.1 Å². The van der Waals surface area contributed by atoms with Gasteiger partial charge in [-0.1, -0.05) is 45.0 Å². The Morgan fingerprint density at radius 1 is 1.00 bits per heavy atom. The molecule has 1 aliphatic heterocycles. The zero-order valence-corrected chi connectivity index (χ0v) is 17.5. The van der Waals surface area contributed by atoms with Crippen LogP contribution in [0.2, 0.25) is 0 Å². The highest BCUT2D eigenvalue weighted by Crippen LogP contribution is 2.37. The van der Waals surface area contributed by atoms with Gasteiger partial charge in [0.2, 0.25) is 11.8 Å². The van der Waals surface area contributed by atoms with E-state index in [-0.39, 0.29) is 17.7 Å². The molecule has 2 fully saturated rings. The van der Waals surface area contributed by atoms with Gasteiger partial charge in [0.05, 0.1) is 0 Å². The number of benzene rings is 1. The predicted octanol–water partition coefficient (Wildman–Crippen LogP) is 2.94. The molecule has 2 amide bonds. The van der Waals surface area contributed by atoms with Crippen molar-refractivity contribution in [3.8, 4) is 0 Å². The van der Waals surface area contributed by atoms with E-state index in [0.717, 1.165) is 37.9 Å². The standard InChI is InChI=1S/C23H35N3O2/c1-16-10-17(2)14-26(13-16)15-20-7-5-4-6-19(20)12-25-22(27)8-9-24-23(28)21-11-18(21)3/h4-7,16-18,21H,8-15H2,1-3H3,(H,24,28)(H,25,27). The van der Waals surface area contributed by atoms with Crippen molar-refractivity contribution in [3.63, 3.8) is 0 Å². The van der Waals surface area contributed by atoms with E-state index < -0.39 is 0 Å². The summed E-state index contributed by atoms with van der Waals surface area (Å²) in [5.74, 6) is 2.22. The van der Waals surface area contributed by atoms with Crippen LogP contribution >= 0.6 is 0 Å². The number of hydrogen-bond acceptors (Lipinski definition) is 3. The third-order valence-electron chi connectivity index (χ3n) is 6.03. The zero-order chi connectivity index (χ0) is 20.1. The molecule has 1 aliphatic carbocycles. The minimum atomic E-state index is -0.0147. The average Bonchev–Trinajstić information content (AvgIpc) is 3.37. The molecule has 1 saturated carbocycles. The van der Waals surface area contributed by atoms with E-state index in [1.807, 2.05) is 6.07 Å². The van der Waals surface area contributed by atoms with Gasteiger partial charge >= 0.3 is 0 Å². The van der Waals surface area contributed by atoms with E-state index >= 15 is 0 Å². The van der Waals surface area contributed by atoms with E-state index in [2.05, 4.69) is 54.5 Å². The number of piperidine rings is 1. The molecule has 0 radical (unpaired) electrons. The quantitative estimate of drug-likeness (QED) is 0.723. The number of likely N-dealkylation sites (tertiary alicyclic amines) is 1. The molecule has 5 heteroatoms. The highest BCUT2D eigenvalue weighted by atomic mass is 16.2. The fourth-order valence-electron chi connectivity index (χ4n) is 4.45. The SMILES string of the molecule is CC1CC(C)CN(Cc2ccccc2CNC(=O)CCNC(=O)C2CC2C)C1. The van der Waals surface area contributed by atoms with Gasteiger partial charge in [-0.2, -0.15) is 0 Å². The Morgan fingerprint density at radius 3 is 2.29 bits per heavy atom. The van der Waals surface area contributed by atoms with E-state index in [0.29, 0.717) is 25.4 Å². The van der Waals surface area contributed by atoms with Gasteiger partial charge in [-0.3, -0.25) is 14.5 Å². The van der Waals surface area contributed by atoms with Gasteiger partial charge in [0.25, 0.3) is 0 Å². The van der Waals surface area contributed by atoms with Crippen LogP contribution < -0.4 is 10.6 Å². The minimum absolute atomic E-state index is 0.0147. The minimum Gasteiger partial charge on any atom is -0.355 e. The van der Waals surface area contributed by atoms with Crippen molar-refractivity contribution < 1.29 is 9.59 Å². The first kappa shape index (κ1) is 20.8. The van der Waals surface area contributed by atoms with Crippen LogP contribution in [0.3, 0.4) is 0 Å². The highest BCUT2D eigenvalue weighted by molar-refractivity contribution is 5.82. The molecule has 2 aliphatic rings. The molecule has 4 unspecified atom stereocenters. The molecular weight excluding hydrogens is 350 g/mol. The summed E-state index contributed by atoms with van der Waals surface area (Å²) in [5, 5.41) is 5.88. The average molecular weight is 386 g/mol. The monoisotopic (exact) mass is 385 g/mol. The third-order valence-corrected chi connectivity index (χ3v) is 6.03. The fraction of sp³-hybridized carbons (Fsp3) is 0.652. The molecule has 0 bridgehead atoms. The molecule has 1 saturated heterocycles. The second kappa shape index (κ2) is 9.55. The maximum Gasteiger partial charge on any atom is 0.223 e. The highest BCUT2D eigenvalue weighted by Gasteiger charge is 2.38. The molecule has 4 atom stereocenters. The lowest BCUT2D eigenvalue weighted by atomic mass is 9.91. The maximum atomic E-state index is 12.2. The van der Waals surface area contributed by atoms with Crippen molar-refractivity contribution in [2.75, 3.05) is 19.6 Å².